The fraction of sp³-hybridized carbons (Fsp3) is 0.188. The molecule has 110 valence electrons. The molecular formula is C16H15N5O. The first kappa shape index (κ1) is 13.0. The Kier molecular flexibility index (Phi) is 2.90. The molecule has 6 heteroatoms. The molecule has 22 heavy (non-hydrogen) atoms. The number of fused-ring (bicyclic) bond motifs is 2. The van der Waals surface area contributed by atoms with Crippen molar-refractivity contribution in [2.24, 2.45) is 0 Å². The second-order valence-electron chi connectivity index (χ2n) is 5.42. The lowest BCUT2D eigenvalue weighted by atomic mass is 10.1. The number of nitrogen functional groups attached to an aromatic ring is 1. The van der Waals surface area contributed by atoms with Gasteiger partial charge in [-0.25, -0.2) is 15.0 Å². The van der Waals surface area contributed by atoms with Gasteiger partial charge in [0.05, 0.1) is 17.5 Å². The number of hydrogen-bond acceptors (Lipinski definition) is 6. The van der Waals surface area contributed by atoms with Crippen molar-refractivity contribution in [3.63, 3.8) is 0 Å². The molecule has 2 atom stereocenters. The van der Waals surface area contributed by atoms with Crippen LogP contribution in [0.15, 0.2) is 42.7 Å². The van der Waals surface area contributed by atoms with Gasteiger partial charge in [0, 0.05) is 6.42 Å². The topological polar surface area (TPSA) is 97.0 Å². The Morgan fingerprint density at radius 3 is 2.91 bits per heavy atom. The summed E-state index contributed by atoms with van der Waals surface area (Å²) in [7, 11) is 0. The largest absolute Gasteiger partial charge is 0.390 e. The van der Waals surface area contributed by atoms with Crippen molar-refractivity contribution in [3.8, 4) is 0 Å². The van der Waals surface area contributed by atoms with Crippen molar-refractivity contribution >= 4 is 22.7 Å². The summed E-state index contributed by atoms with van der Waals surface area (Å²) in [6, 6.07) is 11.4. The van der Waals surface area contributed by atoms with Crippen molar-refractivity contribution in [3.05, 3.63) is 53.9 Å². The molecule has 0 fully saturated rings. The monoisotopic (exact) mass is 293 g/mol. The van der Waals surface area contributed by atoms with Crippen LogP contribution in [-0.2, 0) is 6.42 Å². The fourth-order valence-corrected chi connectivity index (χ4v) is 2.97. The van der Waals surface area contributed by atoms with Gasteiger partial charge in [-0.3, -0.25) is 0 Å². The second kappa shape index (κ2) is 4.92. The lowest BCUT2D eigenvalue weighted by molar-refractivity contribution is 0.165. The Bertz CT molecular complexity index is 851. The van der Waals surface area contributed by atoms with Crippen LogP contribution in [0.25, 0.3) is 11.0 Å². The molecule has 1 aromatic carbocycles. The van der Waals surface area contributed by atoms with E-state index in [1.54, 1.807) is 6.07 Å². The Balaban J connectivity index is 1.75. The molecule has 0 unspecified atom stereocenters. The number of nitrogens with zero attached hydrogens (tertiary/aromatic N) is 3. The van der Waals surface area contributed by atoms with Gasteiger partial charge in [-0.05, 0) is 23.3 Å². The number of aromatic nitrogens is 3. The summed E-state index contributed by atoms with van der Waals surface area (Å²) < 4.78 is 0. The van der Waals surface area contributed by atoms with Crippen molar-refractivity contribution < 1.29 is 5.11 Å². The number of benzene rings is 1. The molecule has 6 nitrogen and oxygen atoms in total. The van der Waals surface area contributed by atoms with Crippen molar-refractivity contribution in [1.82, 2.24) is 15.0 Å². The van der Waals surface area contributed by atoms with E-state index in [2.05, 4.69) is 20.3 Å². The highest BCUT2D eigenvalue weighted by atomic mass is 16.3. The van der Waals surface area contributed by atoms with Gasteiger partial charge in [0.15, 0.2) is 5.65 Å². The number of nitrogens with two attached hydrogens (primary N) is 1. The Hall–Kier alpha value is -2.73. The van der Waals surface area contributed by atoms with Gasteiger partial charge in [0.2, 0.25) is 0 Å². The van der Waals surface area contributed by atoms with Crippen molar-refractivity contribution in [2.45, 2.75) is 18.6 Å². The molecule has 0 spiro atoms. The summed E-state index contributed by atoms with van der Waals surface area (Å²) in [5.41, 5.74) is 8.49. The summed E-state index contributed by atoms with van der Waals surface area (Å²) in [4.78, 5) is 12.6. The average molecular weight is 293 g/mol. The zero-order valence-electron chi connectivity index (χ0n) is 11.8. The van der Waals surface area contributed by atoms with Gasteiger partial charge in [0.25, 0.3) is 0 Å². The predicted octanol–water partition coefficient (Wildman–Crippen LogP) is 1.68. The minimum atomic E-state index is -0.482. The van der Waals surface area contributed by atoms with E-state index < -0.39 is 6.10 Å². The van der Waals surface area contributed by atoms with E-state index in [4.69, 9.17) is 5.73 Å². The third-order valence-corrected chi connectivity index (χ3v) is 4.01. The van der Waals surface area contributed by atoms with Crippen LogP contribution >= 0.6 is 0 Å². The standard InChI is InChI=1S/C16H15N5O/c17-13-6-5-11-15(20-13)18-8-19-16(11)21-14-10-4-2-1-3-9(10)7-12(14)22/h1-6,8,12,14,22H,7H2,(H3,17,18,19,20,21)/t12-,14+/m1/s1. The van der Waals surface area contributed by atoms with Gasteiger partial charge in [-0.1, -0.05) is 24.3 Å². The molecule has 1 aliphatic rings. The Morgan fingerprint density at radius 2 is 2.00 bits per heavy atom. The van der Waals surface area contributed by atoms with E-state index in [-0.39, 0.29) is 6.04 Å². The Labute approximate surface area is 127 Å². The zero-order valence-corrected chi connectivity index (χ0v) is 11.8. The minimum absolute atomic E-state index is 0.188. The minimum Gasteiger partial charge on any atom is -0.390 e. The van der Waals surface area contributed by atoms with Gasteiger partial charge in [-0.2, -0.15) is 0 Å². The quantitative estimate of drug-likeness (QED) is 0.665. The fourth-order valence-electron chi connectivity index (χ4n) is 2.97. The maximum absolute atomic E-state index is 10.3. The summed E-state index contributed by atoms with van der Waals surface area (Å²) in [6.45, 7) is 0. The summed E-state index contributed by atoms with van der Waals surface area (Å²) in [6.07, 6.45) is 1.61. The molecule has 0 amide bonds. The van der Waals surface area contributed by atoms with E-state index in [0.29, 0.717) is 23.7 Å². The molecule has 2 aromatic heterocycles. The molecule has 0 aliphatic heterocycles. The lowest BCUT2D eigenvalue weighted by Gasteiger charge is -2.19. The molecule has 0 bridgehead atoms. The van der Waals surface area contributed by atoms with Crippen LogP contribution in [0.2, 0.25) is 0 Å². The first-order valence-corrected chi connectivity index (χ1v) is 7.12. The smallest absolute Gasteiger partial charge is 0.166 e. The molecule has 1 aliphatic carbocycles. The normalized spacial score (nSPS) is 20.0. The van der Waals surface area contributed by atoms with Crippen LogP contribution in [0.1, 0.15) is 17.2 Å². The van der Waals surface area contributed by atoms with Crippen LogP contribution in [-0.4, -0.2) is 26.2 Å². The van der Waals surface area contributed by atoms with Crippen molar-refractivity contribution in [1.29, 1.82) is 0 Å². The van der Waals surface area contributed by atoms with Gasteiger partial charge >= 0.3 is 0 Å². The first-order chi connectivity index (χ1) is 10.7. The Morgan fingerprint density at radius 1 is 1.14 bits per heavy atom. The van der Waals surface area contributed by atoms with Gasteiger partial charge < -0.3 is 16.2 Å². The SMILES string of the molecule is Nc1ccc2c(N[C@H]3c4ccccc4C[C@H]3O)ncnc2n1. The maximum Gasteiger partial charge on any atom is 0.166 e. The van der Waals surface area contributed by atoms with Crippen LogP contribution in [0, 0.1) is 0 Å². The molecule has 0 saturated carbocycles. The third kappa shape index (κ3) is 2.05. The predicted molar refractivity (Wildman–Crippen MR) is 84.3 cm³/mol. The average Bonchev–Trinajstić information content (AvgIpc) is 2.83. The van der Waals surface area contributed by atoms with Crippen LogP contribution < -0.4 is 11.1 Å². The van der Waals surface area contributed by atoms with E-state index in [1.165, 1.54) is 6.33 Å². The molecule has 2 heterocycles. The first-order valence-electron chi connectivity index (χ1n) is 7.12. The highest BCUT2D eigenvalue weighted by molar-refractivity contribution is 5.87. The highest BCUT2D eigenvalue weighted by Gasteiger charge is 2.31. The van der Waals surface area contributed by atoms with Crippen LogP contribution in [0.3, 0.4) is 0 Å². The molecule has 0 radical (unpaired) electrons. The van der Waals surface area contributed by atoms with Gasteiger partial charge in [-0.15, -0.1) is 0 Å². The van der Waals surface area contributed by atoms with Gasteiger partial charge in [0.1, 0.15) is 18.0 Å². The number of rotatable bonds is 2. The van der Waals surface area contributed by atoms with Crippen LogP contribution in [0.5, 0.6) is 0 Å². The number of nitrogens with one attached hydrogen (secondary N) is 1. The zero-order chi connectivity index (χ0) is 15.1. The van der Waals surface area contributed by atoms with E-state index in [0.717, 1.165) is 16.5 Å². The number of aliphatic hydroxyl groups excluding tert-OH is 1. The summed E-state index contributed by atoms with van der Waals surface area (Å²) in [5.74, 6) is 1.07. The molecule has 4 N–H and O–H groups in total. The van der Waals surface area contributed by atoms with E-state index in [9.17, 15) is 5.11 Å². The van der Waals surface area contributed by atoms with Crippen LogP contribution in [0.4, 0.5) is 11.6 Å². The summed E-state index contributed by atoms with van der Waals surface area (Å²) in [5, 5.41) is 14.5. The second-order valence-corrected chi connectivity index (χ2v) is 5.42. The van der Waals surface area contributed by atoms with E-state index >= 15 is 0 Å². The molecule has 0 saturated heterocycles. The third-order valence-electron chi connectivity index (χ3n) is 4.01. The molecule has 3 aromatic rings. The summed E-state index contributed by atoms with van der Waals surface area (Å²) >= 11 is 0. The number of hydrogen-bond donors (Lipinski definition) is 3. The number of aliphatic hydroxyl groups is 1. The molecular weight excluding hydrogens is 278 g/mol. The number of pyridine rings is 1. The molecule has 4 rings (SSSR count). The van der Waals surface area contributed by atoms with E-state index in [1.807, 2.05) is 30.3 Å². The number of anilines is 2. The highest BCUT2D eigenvalue weighted by Crippen LogP contribution is 2.34. The maximum atomic E-state index is 10.3. The van der Waals surface area contributed by atoms with Crippen molar-refractivity contribution in [2.75, 3.05) is 11.1 Å². The lowest BCUT2D eigenvalue weighted by Crippen LogP contribution is -2.21.